The van der Waals surface area contributed by atoms with Crippen LogP contribution in [0.2, 0.25) is 0 Å². The molecule has 0 unspecified atom stereocenters. The highest BCUT2D eigenvalue weighted by atomic mass is 16.3. The lowest BCUT2D eigenvalue weighted by Crippen LogP contribution is -2.32. The third-order valence-corrected chi connectivity index (χ3v) is 2.26. The number of nitrogens with two attached hydrogens (primary N) is 1. The van der Waals surface area contributed by atoms with Crippen molar-refractivity contribution in [1.29, 1.82) is 0 Å². The largest absolute Gasteiger partial charge is 0.376 e. The molecule has 6 nitrogen and oxygen atoms in total. The third-order valence-electron chi connectivity index (χ3n) is 2.26. The lowest BCUT2D eigenvalue weighted by atomic mass is 10.1. The monoisotopic (exact) mass is 232 g/mol. The van der Waals surface area contributed by atoms with Gasteiger partial charge >= 0.3 is 0 Å². The zero-order chi connectivity index (χ0) is 12.4. The molecule has 6 heteroatoms. The van der Waals surface area contributed by atoms with Crippen molar-refractivity contribution in [3.05, 3.63) is 0 Å². The van der Waals surface area contributed by atoms with E-state index in [-0.39, 0.29) is 11.8 Å². The predicted molar refractivity (Wildman–Crippen MR) is 57.9 cm³/mol. The number of amides is 2. The summed E-state index contributed by atoms with van der Waals surface area (Å²) in [6.07, 6.45) is 3.81. The summed E-state index contributed by atoms with van der Waals surface area (Å²) in [5.41, 5.74) is 4.98. The Bertz CT molecular complexity index is 217. The highest BCUT2D eigenvalue weighted by molar-refractivity contribution is 5.75. The molecule has 0 aliphatic carbocycles. The Morgan fingerprint density at radius 1 is 0.938 bits per heavy atom. The number of carbonyl (C=O) groups excluding carboxylic acids is 2. The van der Waals surface area contributed by atoms with Gasteiger partial charge in [0.2, 0.25) is 11.8 Å². The Kier molecular flexibility index (Phi) is 8.46. The van der Waals surface area contributed by atoms with Crippen LogP contribution in [-0.4, -0.2) is 40.4 Å². The minimum atomic E-state index is -0.461. The number of rotatable bonds is 9. The quantitative estimate of drug-likeness (QED) is 0.369. The van der Waals surface area contributed by atoms with E-state index in [1.807, 2.05) is 0 Å². The number of primary amides is 1. The van der Waals surface area contributed by atoms with Crippen LogP contribution in [0.15, 0.2) is 0 Å². The molecule has 2 amide bonds. The molecule has 0 aromatic heterocycles. The van der Waals surface area contributed by atoms with E-state index in [0.29, 0.717) is 19.3 Å². The standard InChI is InChI=1S/C10H20N2O4/c11-9(15)5-3-1-2-4-6-10(16)12(7-13)8-14/h13-14H,1-8H2,(H2,11,15). The smallest absolute Gasteiger partial charge is 0.226 e. The molecule has 16 heavy (non-hydrogen) atoms. The van der Waals surface area contributed by atoms with E-state index in [4.69, 9.17) is 15.9 Å². The Balaban J connectivity index is 3.44. The minimum absolute atomic E-state index is 0.264. The first kappa shape index (κ1) is 14.9. The molecule has 0 atom stereocenters. The molecular weight excluding hydrogens is 212 g/mol. The highest BCUT2D eigenvalue weighted by Crippen LogP contribution is 2.06. The minimum Gasteiger partial charge on any atom is -0.376 e. The summed E-state index contributed by atoms with van der Waals surface area (Å²) in [6.45, 7) is -0.923. The van der Waals surface area contributed by atoms with E-state index < -0.39 is 13.5 Å². The number of unbranched alkanes of at least 4 members (excludes halogenated alkanes) is 3. The summed E-state index contributed by atoms with van der Waals surface area (Å²) >= 11 is 0. The van der Waals surface area contributed by atoms with Gasteiger partial charge in [-0.1, -0.05) is 12.8 Å². The van der Waals surface area contributed by atoms with Crippen LogP contribution >= 0.6 is 0 Å². The van der Waals surface area contributed by atoms with E-state index in [1.54, 1.807) is 0 Å². The molecule has 0 fully saturated rings. The van der Waals surface area contributed by atoms with E-state index in [9.17, 15) is 9.59 Å². The molecule has 0 aromatic carbocycles. The van der Waals surface area contributed by atoms with Crippen LogP contribution in [-0.2, 0) is 9.59 Å². The van der Waals surface area contributed by atoms with Crippen LogP contribution in [0.5, 0.6) is 0 Å². The van der Waals surface area contributed by atoms with Crippen molar-refractivity contribution < 1.29 is 19.8 Å². The zero-order valence-corrected chi connectivity index (χ0v) is 9.39. The summed E-state index contributed by atoms with van der Waals surface area (Å²) in [6, 6.07) is 0. The molecule has 0 spiro atoms. The van der Waals surface area contributed by atoms with Crippen molar-refractivity contribution in [3.8, 4) is 0 Å². The van der Waals surface area contributed by atoms with Gasteiger partial charge in [-0.15, -0.1) is 0 Å². The van der Waals surface area contributed by atoms with Gasteiger partial charge in [-0.05, 0) is 12.8 Å². The highest BCUT2D eigenvalue weighted by Gasteiger charge is 2.09. The molecule has 0 aliphatic rings. The van der Waals surface area contributed by atoms with Crippen molar-refractivity contribution in [3.63, 3.8) is 0 Å². The molecule has 0 radical (unpaired) electrons. The Morgan fingerprint density at radius 2 is 1.44 bits per heavy atom. The maximum Gasteiger partial charge on any atom is 0.226 e. The van der Waals surface area contributed by atoms with Gasteiger partial charge in [0.1, 0.15) is 13.5 Å². The van der Waals surface area contributed by atoms with Gasteiger partial charge in [0.05, 0.1) is 0 Å². The van der Waals surface area contributed by atoms with E-state index >= 15 is 0 Å². The van der Waals surface area contributed by atoms with Crippen LogP contribution in [0.1, 0.15) is 38.5 Å². The number of nitrogens with zero attached hydrogens (tertiary/aromatic N) is 1. The van der Waals surface area contributed by atoms with Gasteiger partial charge < -0.3 is 15.9 Å². The molecule has 0 aromatic rings. The SMILES string of the molecule is NC(=O)CCCCCCC(=O)N(CO)CO. The fourth-order valence-electron chi connectivity index (χ4n) is 1.29. The lowest BCUT2D eigenvalue weighted by Gasteiger charge is -2.16. The second kappa shape index (κ2) is 9.11. The Morgan fingerprint density at radius 3 is 1.88 bits per heavy atom. The Hall–Kier alpha value is -1.14. The first-order chi connectivity index (χ1) is 7.61. The van der Waals surface area contributed by atoms with E-state index in [2.05, 4.69) is 0 Å². The summed E-state index contributed by atoms with van der Waals surface area (Å²) in [4.78, 5) is 22.7. The van der Waals surface area contributed by atoms with Crippen LogP contribution in [0.25, 0.3) is 0 Å². The van der Waals surface area contributed by atoms with Crippen molar-refractivity contribution in [2.45, 2.75) is 38.5 Å². The topological polar surface area (TPSA) is 104 Å². The molecule has 94 valence electrons. The number of hydrogen-bond acceptors (Lipinski definition) is 4. The summed E-state index contributed by atoms with van der Waals surface area (Å²) < 4.78 is 0. The molecule has 0 aliphatic heterocycles. The van der Waals surface area contributed by atoms with Crippen molar-refractivity contribution in [2.75, 3.05) is 13.5 Å². The van der Waals surface area contributed by atoms with E-state index in [0.717, 1.165) is 24.2 Å². The number of hydrogen-bond donors (Lipinski definition) is 3. The van der Waals surface area contributed by atoms with Crippen molar-refractivity contribution >= 4 is 11.8 Å². The van der Waals surface area contributed by atoms with Gasteiger partial charge in [-0.25, -0.2) is 0 Å². The normalized spacial score (nSPS) is 10.1. The molecule has 0 heterocycles. The third kappa shape index (κ3) is 7.19. The second-order valence-electron chi connectivity index (χ2n) is 3.60. The molecule has 4 N–H and O–H groups in total. The maximum absolute atomic E-state index is 11.3. The number of aliphatic hydroxyl groups is 2. The first-order valence-electron chi connectivity index (χ1n) is 5.39. The molecule has 0 saturated heterocycles. The average Bonchev–Trinajstić information content (AvgIpc) is 2.24. The predicted octanol–water partition coefficient (Wildman–Crippen LogP) is -0.460. The van der Waals surface area contributed by atoms with Gasteiger partial charge in [-0.3, -0.25) is 14.5 Å². The van der Waals surface area contributed by atoms with E-state index in [1.165, 1.54) is 0 Å². The van der Waals surface area contributed by atoms with Crippen LogP contribution < -0.4 is 5.73 Å². The summed E-state index contributed by atoms with van der Waals surface area (Å²) in [5.74, 6) is -0.567. The summed E-state index contributed by atoms with van der Waals surface area (Å²) in [5, 5.41) is 17.4. The van der Waals surface area contributed by atoms with Gasteiger partial charge in [0.25, 0.3) is 0 Å². The zero-order valence-electron chi connectivity index (χ0n) is 9.39. The fraction of sp³-hybridized carbons (Fsp3) is 0.800. The number of carbonyl (C=O) groups is 2. The second-order valence-corrected chi connectivity index (χ2v) is 3.60. The average molecular weight is 232 g/mol. The molecule has 0 saturated carbocycles. The van der Waals surface area contributed by atoms with Gasteiger partial charge in [0, 0.05) is 12.8 Å². The molecule has 0 rings (SSSR count). The number of aliphatic hydroxyl groups excluding tert-OH is 2. The van der Waals surface area contributed by atoms with Crippen LogP contribution in [0, 0.1) is 0 Å². The van der Waals surface area contributed by atoms with Crippen LogP contribution in [0.3, 0.4) is 0 Å². The van der Waals surface area contributed by atoms with Gasteiger partial charge in [0.15, 0.2) is 0 Å². The summed E-state index contributed by atoms with van der Waals surface area (Å²) in [7, 11) is 0. The fourth-order valence-corrected chi connectivity index (χ4v) is 1.29. The Labute approximate surface area is 95.0 Å². The molecular formula is C10H20N2O4. The van der Waals surface area contributed by atoms with Crippen molar-refractivity contribution in [1.82, 2.24) is 4.90 Å². The first-order valence-corrected chi connectivity index (χ1v) is 5.39. The van der Waals surface area contributed by atoms with Crippen molar-refractivity contribution in [2.24, 2.45) is 5.73 Å². The molecule has 0 bridgehead atoms. The van der Waals surface area contributed by atoms with Gasteiger partial charge in [-0.2, -0.15) is 0 Å². The lowest BCUT2D eigenvalue weighted by molar-refractivity contribution is -0.139. The van der Waals surface area contributed by atoms with Crippen LogP contribution in [0.4, 0.5) is 0 Å². The maximum atomic E-state index is 11.3.